The summed E-state index contributed by atoms with van der Waals surface area (Å²) in [6.07, 6.45) is 4.75. The Labute approximate surface area is 80.9 Å². The van der Waals surface area contributed by atoms with E-state index in [2.05, 4.69) is 32.2 Å². The fourth-order valence-electron chi connectivity index (χ4n) is 2.42. The average molecular weight is 177 g/mol. The van der Waals surface area contributed by atoms with E-state index >= 15 is 0 Å². The highest BCUT2D eigenvalue weighted by Gasteiger charge is 2.28. The maximum atomic E-state index is 3.56. The Kier molecular flexibility index (Phi) is 2.19. The summed E-state index contributed by atoms with van der Waals surface area (Å²) in [4.78, 5) is 0. The molecule has 1 heterocycles. The first-order chi connectivity index (χ1) is 6.18. The van der Waals surface area contributed by atoms with Crippen molar-refractivity contribution in [1.29, 1.82) is 0 Å². The van der Waals surface area contributed by atoms with E-state index in [4.69, 9.17) is 0 Å². The van der Waals surface area contributed by atoms with Crippen LogP contribution in [0.4, 0.5) is 0 Å². The quantitative estimate of drug-likeness (QED) is 0.607. The molecule has 1 N–H and O–H groups in total. The van der Waals surface area contributed by atoms with E-state index < -0.39 is 0 Å². The van der Waals surface area contributed by atoms with Crippen LogP contribution in [0.5, 0.6) is 0 Å². The third kappa shape index (κ3) is 1.52. The number of allylic oxidation sites excluding steroid dienone is 2. The lowest BCUT2D eigenvalue weighted by molar-refractivity contribution is 0.453. The van der Waals surface area contributed by atoms with Crippen LogP contribution in [-0.4, -0.2) is 6.54 Å². The van der Waals surface area contributed by atoms with Gasteiger partial charge in [0.1, 0.15) is 0 Å². The smallest absolute Gasteiger partial charge is 0.0213 e. The summed E-state index contributed by atoms with van der Waals surface area (Å²) >= 11 is 0. The van der Waals surface area contributed by atoms with Gasteiger partial charge in [-0.05, 0) is 24.8 Å². The Bertz CT molecular complexity index is 271. The first-order valence-corrected chi connectivity index (χ1v) is 5.30. The summed E-state index contributed by atoms with van der Waals surface area (Å²) in [7, 11) is 0. The summed E-state index contributed by atoms with van der Waals surface area (Å²) in [6.45, 7) is 8.05. The van der Waals surface area contributed by atoms with Crippen molar-refractivity contribution in [3.8, 4) is 0 Å². The molecule has 0 fully saturated rings. The van der Waals surface area contributed by atoms with Gasteiger partial charge in [0.15, 0.2) is 0 Å². The van der Waals surface area contributed by atoms with Crippen LogP contribution in [-0.2, 0) is 0 Å². The molecule has 1 unspecified atom stereocenters. The van der Waals surface area contributed by atoms with Crippen LogP contribution in [0.1, 0.15) is 33.6 Å². The molecule has 1 nitrogen and oxygen atoms in total. The molecule has 72 valence electrons. The minimum Gasteiger partial charge on any atom is -0.387 e. The monoisotopic (exact) mass is 177 g/mol. The van der Waals surface area contributed by atoms with Gasteiger partial charge in [-0.3, -0.25) is 0 Å². The third-order valence-corrected chi connectivity index (χ3v) is 3.30. The van der Waals surface area contributed by atoms with Crippen LogP contribution in [0, 0.1) is 11.8 Å². The zero-order chi connectivity index (χ0) is 9.42. The number of nitrogens with one attached hydrogen (secondary N) is 1. The lowest BCUT2D eigenvalue weighted by Gasteiger charge is -2.19. The summed E-state index contributed by atoms with van der Waals surface area (Å²) in [5, 5.41) is 3.56. The van der Waals surface area contributed by atoms with E-state index in [9.17, 15) is 0 Å². The molecule has 0 aromatic carbocycles. The highest BCUT2D eigenvalue weighted by molar-refractivity contribution is 5.32. The minimum absolute atomic E-state index is 0.784. The van der Waals surface area contributed by atoms with E-state index in [0.29, 0.717) is 0 Å². The average Bonchev–Trinajstić information content (AvgIpc) is 2.46. The molecule has 0 spiro atoms. The van der Waals surface area contributed by atoms with Gasteiger partial charge in [-0.2, -0.15) is 0 Å². The van der Waals surface area contributed by atoms with Gasteiger partial charge in [-0.15, -0.1) is 0 Å². The van der Waals surface area contributed by atoms with Crippen molar-refractivity contribution in [1.82, 2.24) is 5.32 Å². The SMILES string of the molecule is CC1=CCC2=C(C1)NCC2C(C)C. The van der Waals surface area contributed by atoms with Crippen LogP contribution in [0.3, 0.4) is 0 Å². The Morgan fingerprint density at radius 3 is 2.92 bits per heavy atom. The molecule has 0 saturated heterocycles. The zero-order valence-corrected chi connectivity index (χ0v) is 8.85. The molecule has 1 atom stereocenters. The van der Waals surface area contributed by atoms with Crippen LogP contribution < -0.4 is 5.32 Å². The van der Waals surface area contributed by atoms with Crippen LogP contribution in [0.2, 0.25) is 0 Å². The standard InChI is InChI=1S/C12H19N/c1-8(2)11-7-13-12-6-9(3)4-5-10(11)12/h4,8,11,13H,5-7H2,1-3H3. The Balaban J connectivity index is 2.17. The molecule has 0 aromatic heterocycles. The first-order valence-electron chi connectivity index (χ1n) is 5.30. The second kappa shape index (κ2) is 3.21. The lowest BCUT2D eigenvalue weighted by Crippen LogP contribution is -2.16. The van der Waals surface area contributed by atoms with Gasteiger partial charge in [-0.25, -0.2) is 0 Å². The molecule has 0 bridgehead atoms. The van der Waals surface area contributed by atoms with Crippen LogP contribution >= 0.6 is 0 Å². The minimum atomic E-state index is 0.784. The molecule has 0 aromatic rings. The predicted octanol–water partition coefficient (Wildman–Crippen LogP) is 2.86. The van der Waals surface area contributed by atoms with Crippen molar-refractivity contribution >= 4 is 0 Å². The third-order valence-electron chi connectivity index (χ3n) is 3.30. The van der Waals surface area contributed by atoms with Gasteiger partial charge < -0.3 is 5.32 Å². The molecular weight excluding hydrogens is 158 g/mol. The second-order valence-electron chi connectivity index (χ2n) is 4.67. The summed E-state index contributed by atoms with van der Waals surface area (Å²) in [5.41, 5.74) is 4.73. The van der Waals surface area contributed by atoms with Gasteiger partial charge in [0.05, 0.1) is 0 Å². The van der Waals surface area contributed by atoms with Gasteiger partial charge in [0.2, 0.25) is 0 Å². The Morgan fingerprint density at radius 1 is 1.46 bits per heavy atom. The Morgan fingerprint density at radius 2 is 2.23 bits per heavy atom. The normalized spacial score (nSPS) is 27.4. The maximum absolute atomic E-state index is 3.56. The van der Waals surface area contributed by atoms with E-state index in [0.717, 1.165) is 11.8 Å². The topological polar surface area (TPSA) is 12.0 Å². The molecule has 13 heavy (non-hydrogen) atoms. The fourth-order valence-corrected chi connectivity index (χ4v) is 2.42. The summed E-state index contributed by atoms with van der Waals surface area (Å²) in [5.74, 6) is 1.58. The van der Waals surface area contributed by atoms with Gasteiger partial charge >= 0.3 is 0 Å². The zero-order valence-electron chi connectivity index (χ0n) is 8.85. The molecule has 0 saturated carbocycles. The van der Waals surface area contributed by atoms with Gasteiger partial charge in [0, 0.05) is 24.6 Å². The first kappa shape index (κ1) is 8.86. The van der Waals surface area contributed by atoms with E-state index in [1.54, 1.807) is 5.57 Å². The summed E-state index contributed by atoms with van der Waals surface area (Å²) < 4.78 is 0. The Hall–Kier alpha value is -0.720. The molecule has 2 rings (SSSR count). The largest absolute Gasteiger partial charge is 0.387 e. The molecule has 1 aliphatic carbocycles. The number of hydrogen-bond acceptors (Lipinski definition) is 1. The van der Waals surface area contributed by atoms with Crippen LogP contribution in [0.15, 0.2) is 22.9 Å². The highest BCUT2D eigenvalue weighted by atomic mass is 14.9. The van der Waals surface area contributed by atoms with Crippen molar-refractivity contribution < 1.29 is 0 Å². The van der Waals surface area contributed by atoms with Crippen molar-refractivity contribution in [3.05, 3.63) is 22.9 Å². The molecule has 0 amide bonds. The predicted molar refractivity (Wildman–Crippen MR) is 56.3 cm³/mol. The summed E-state index contributed by atoms with van der Waals surface area (Å²) in [6, 6.07) is 0. The molecule has 0 radical (unpaired) electrons. The molecule has 1 heteroatoms. The van der Waals surface area contributed by atoms with Crippen LogP contribution in [0.25, 0.3) is 0 Å². The lowest BCUT2D eigenvalue weighted by atomic mass is 9.85. The second-order valence-corrected chi connectivity index (χ2v) is 4.67. The van der Waals surface area contributed by atoms with E-state index in [-0.39, 0.29) is 0 Å². The molecule has 1 aliphatic heterocycles. The number of hydrogen-bond donors (Lipinski definition) is 1. The molecular formula is C12H19N. The van der Waals surface area contributed by atoms with Crippen molar-refractivity contribution in [2.24, 2.45) is 11.8 Å². The van der Waals surface area contributed by atoms with E-state index in [1.807, 2.05) is 0 Å². The fraction of sp³-hybridized carbons (Fsp3) is 0.667. The van der Waals surface area contributed by atoms with E-state index in [1.165, 1.54) is 30.7 Å². The van der Waals surface area contributed by atoms with Gasteiger partial charge in [-0.1, -0.05) is 25.5 Å². The van der Waals surface area contributed by atoms with Crippen molar-refractivity contribution in [2.75, 3.05) is 6.54 Å². The van der Waals surface area contributed by atoms with Crippen molar-refractivity contribution in [2.45, 2.75) is 33.6 Å². The highest BCUT2D eigenvalue weighted by Crippen LogP contribution is 2.35. The van der Waals surface area contributed by atoms with Gasteiger partial charge in [0.25, 0.3) is 0 Å². The number of rotatable bonds is 1. The molecule has 2 aliphatic rings. The van der Waals surface area contributed by atoms with Crippen molar-refractivity contribution in [3.63, 3.8) is 0 Å². The maximum Gasteiger partial charge on any atom is 0.0213 e.